The average molecular weight is 308 g/mol. The van der Waals surface area contributed by atoms with Crippen LogP contribution in [-0.2, 0) is 14.8 Å². The fourth-order valence-electron chi connectivity index (χ4n) is 1.63. The van der Waals surface area contributed by atoms with E-state index in [1.54, 1.807) is 20.8 Å². The molecule has 0 aromatic carbocycles. The van der Waals surface area contributed by atoms with Gasteiger partial charge in [-0.1, -0.05) is 0 Å². The van der Waals surface area contributed by atoms with E-state index in [4.69, 9.17) is 9.84 Å². The van der Waals surface area contributed by atoms with Crippen LogP contribution in [0.3, 0.4) is 0 Å². The molecule has 0 aromatic heterocycles. The van der Waals surface area contributed by atoms with E-state index >= 15 is 0 Å². The SMILES string of the molecule is CC(C)OCC1(S(=O)(=O)NN(C(=O)O)C(C)(C)C)CC1. The molecule has 0 atom stereocenters. The summed E-state index contributed by atoms with van der Waals surface area (Å²) >= 11 is 0. The normalized spacial score (nSPS) is 18.1. The maximum atomic E-state index is 12.4. The Morgan fingerprint density at radius 1 is 1.40 bits per heavy atom. The lowest BCUT2D eigenvalue weighted by Gasteiger charge is -2.34. The molecule has 0 bridgehead atoms. The Kier molecular flexibility index (Phi) is 4.72. The number of hydrogen-bond donors (Lipinski definition) is 2. The number of amides is 1. The Hall–Kier alpha value is -0.860. The number of carboxylic acid groups (broad SMARTS) is 1. The van der Waals surface area contributed by atoms with Crippen LogP contribution >= 0.6 is 0 Å². The molecule has 0 radical (unpaired) electrons. The second-order valence-corrected chi connectivity index (χ2v) is 8.48. The summed E-state index contributed by atoms with van der Waals surface area (Å²) in [6, 6.07) is 0. The first-order valence-electron chi connectivity index (χ1n) is 6.58. The van der Waals surface area contributed by atoms with Gasteiger partial charge in [0.1, 0.15) is 4.75 Å². The van der Waals surface area contributed by atoms with E-state index in [-0.39, 0.29) is 12.7 Å². The zero-order valence-corrected chi connectivity index (χ0v) is 13.5. The summed E-state index contributed by atoms with van der Waals surface area (Å²) in [5.74, 6) is 0. The minimum Gasteiger partial charge on any atom is -0.464 e. The van der Waals surface area contributed by atoms with E-state index in [9.17, 15) is 13.2 Å². The van der Waals surface area contributed by atoms with E-state index in [2.05, 4.69) is 4.83 Å². The van der Waals surface area contributed by atoms with Crippen LogP contribution in [0.5, 0.6) is 0 Å². The fourth-order valence-corrected chi connectivity index (χ4v) is 3.28. The van der Waals surface area contributed by atoms with Crippen molar-refractivity contribution in [2.24, 2.45) is 0 Å². The highest BCUT2D eigenvalue weighted by atomic mass is 32.2. The molecule has 2 N–H and O–H groups in total. The maximum absolute atomic E-state index is 12.4. The van der Waals surface area contributed by atoms with Crippen molar-refractivity contribution in [2.75, 3.05) is 6.61 Å². The molecule has 1 aliphatic carbocycles. The van der Waals surface area contributed by atoms with Crippen LogP contribution in [-0.4, -0.2) is 47.6 Å². The van der Waals surface area contributed by atoms with Crippen LogP contribution in [0.1, 0.15) is 47.5 Å². The predicted octanol–water partition coefficient (Wildman–Crippen LogP) is 1.56. The van der Waals surface area contributed by atoms with Gasteiger partial charge in [0.15, 0.2) is 0 Å². The molecule has 1 fully saturated rings. The smallest absolute Gasteiger partial charge is 0.423 e. The Bertz CT molecular complexity index is 463. The number of nitrogens with zero attached hydrogens (tertiary/aromatic N) is 1. The van der Waals surface area contributed by atoms with E-state index in [0.29, 0.717) is 12.8 Å². The molecule has 1 rings (SSSR count). The molecule has 1 amide bonds. The highest BCUT2D eigenvalue weighted by Crippen LogP contribution is 2.43. The summed E-state index contributed by atoms with van der Waals surface area (Å²) in [5.41, 5.74) is -0.867. The quantitative estimate of drug-likeness (QED) is 0.726. The van der Waals surface area contributed by atoms with Gasteiger partial charge in [-0.15, -0.1) is 4.83 Å². The molecule has 0 heterocycles. The molecule has 0 unspecified atom stereocenters. The molecule has 1 aliphatic rings. The maximum Gasteiger partial charge on any atom is 0.423 e. The first kappa shape index (κ1) is 17.2. The summed E-state index contributed by atoms with van der Waals surface area (Å²) in [7, 11) is -3.80. The van der Waals surface area contributed by atoms with Gasteiger partial charge in [-0.2, -0.15) is 0 Å². The number of hydrogen-bond acceptors (Lipinski definition) is 4. The van der Waals surface area contributed by atoms with Crippen molar-refractivity contribution >= 4 is 16.1 Å². The molecule has 0 saturated heterocycles. The standard InChI is InChI=1S/C12H24N2O5S/c1-9(2)19-8-12(6-7-12)20(17,18)13-14(10(15)16)11(3,4)5/h9,13H,6-8H2,1-5H3,(H,15,16). The van der Waals surface area contributed by atoms with Crippen molar-refractivity contribution < 1.29 is 23.1 Å². The second kappa shape index (κ2) is 5.50. The lowest BCUT2D eigenvalue weighted by Crippen LogP contribution is -2.58. The molecule has 20 heavy (non-hydrogen) atoms. The molecular weight excluding hydrogens is 284 g/mol. The summed E-state index contributed by atoms with van der Waals surface area (Å²) in [4.78, 5) is 13.4. The van der Waals surface area contributed by atoms with Gasteiger partial charge in [-0.25, -0.2) is 18.2 Å². The molecule has 7 nitrogen and oxygen atoms in total. The molecule has 1 saturated carbocycles. The van der Waals surface area contributed by atoms with Gasteiger partial charge in [0.2, 0.25) is 10.0 Å². The lowest BCUT2D eigenvalue weighted by molar-refractivity contribution is 0.0702. The number of sulfonamides is 1. The van der Waals surface area contributed by atoms with E-state index < -0.39 is 26.4 Å². The average Bonchev–Trinajstić information content (AvgIpc) is 3.02. The third-order valence-corrected chi connectivity index (χ3v) is 5.22. The zero-order chi connectivity index (χ0) is 15.8. The van der Waals surface area contributed by atoms with Crippen LogP contribution in [0.25, 0.3) is 0 Å². The van der Waals surface area contributed by atoms with Gasteiger partial charge >= 0.3 is 6.09 Å². The van der Waals surface area contributed by atoms with Crippen molar-refractivity contribution in [1.29, 1.82) is 0 Å². The highest BCUT2D eigenvalue weighted by Gasteiger charge is 2.56. The molecule has 118 valence electrons. The van der Waals surface area contributed by atoms with Crippen LogP contribution in [0, 0.1) is 0 Å². The number of ether oxygens (including phenoxy) is 1. The van der Waals surface area contributed by atoms with Gasteiger partial charge in [0, 0.05) is 0 Å². The van der Waals surface area contributed by atoms with Crippen LogP contribution in [0.15, 0.2) is 0 Å². The highest BCUT2D eigenvalue weighted by molar-refractivity contribution is 7.91. The fraction of sp³-hybridized carbons (Fsp3) is 0.917. The number of nitrogens with one attached hydrogen (secondary N) is 1. The summed E-state index contributed by atoms with van der Waals surface area (Å²) in [5, 5.41) is 9.86. The summed E-state index contributed by atoms with van der Waals surface area (Å²) in [6.45, 7) is 8.59. The van der Waals surface area contributed by atoms with Gasteiger partial charge in [-0.05, 0) is 47.5 Å². The summed E-state index contributed by atoms with van der Waals surface area (Å²) in [6.07, 6.45) is -0.443. The monoisotopic (exact) mass is 308 g/mol. The molecule has 0 aromatic rings. The predicted molar refractivity (Wildman–Crippen MR) is 74.7 cm³/mol. The van der Waals surface area contributed by atoms with Crippen molar-refractivity contribution in [2.45, 2.75) is 63.9 Å². The first-order chi connectivity index (χ1) is 8.91. The largest absolute Gasteiger partial charge is 0.464 e. The second-order valence-electron chi connectivity index (χ2n) is 6.43. The Balaban J connectivity index is 2.86. The lowest BCUT2D eigenvalue weighted by atomic mass is 10.1. The number of hydrazine groups is 1. The molecule has 0 spiro atoms. The van der Waals surface area contributed by atoms with Crippen molar-refractivity contribution in [1.82, 2.24) is 9.84 Å². The van der Waals surface area contributed by atoms with Crippen LogP contribution in [0.4, 0.5) is 4.79 Å². The third kappa shape index (κ3) is 3.83. The van der Waals surface area contributed by atoms with Crippen molar-refractivity contribution in [3.05, 3.63) is 0 Å². The first-order valence-corrected chi connectivity index (χ1v) is 8.06. The van der Waals surface area contributed by atoms with E-state index in [0.717, 1.165) is 5.01 Å². The van der Waals surface area contributed by atoms with Gasteiger partial charge < -0.3 is 9.84 Å². The topological polar surface area (TPSA) is 95.9 Å². The van der Waals surface area contributed by atoms with Gasteiger partial charge in [0.05, 0.1) is 18.2 Å². The van der Waals surface area contributed by atoms with Crippen LogP contribution < -0.4 is 4.83 Å². The summed E-state index contributed by atoms with van der Waals surface area (Å²) < 4.78 is 29.2. The number of rotatable bonds is 6. The van der Waals surface area contributed by atoms with Crippen molar-refractivity contribution in [3.63, 3.8) is 0 Å². The minimum absolute atomic E-state index is 0.0686. The number of carbonyl (C=O) groups is 1. The van der Waals surface area contributed by atoms with Crippen molar-refractivity contribution in [3.8, 4) is 0 Å². The molecule has 8 heteroatoms. The van der Waals surface area contributed by atoms with Crippen LogP contribution in [0.2, 0.25) is 0 Å². The Morgan fingerprint density at radius 3 is 2.20 bits per heavy atom. The zero-order valence-electron chi connectivity index (χ0n) is 12.6. The molecule has 0 aliphatic heterocycles. The van der Waals surface area contributed by atoms with Gasteiger partial charge in [-0.3, -0.25) is 0 Å². The minimum atomic E-state index is -3.80. The van der Waals surface area contributed by atoms with E-state index in [1.165, 1.54) is 0 Å². The third-order valence-electron chi connectivity index (χ3n) is 3.13. The van der Waals surface area contributed by atoms with Gasteiger partial charge in [0.25, 0.3) is 0 Å². The Labute approximate surface area is 120 Å². The van der Waals surface area contributed by atoms with E-state index in [1.807, 2.05) is 13.8 Å². The molecular formula is C12H24N2O5S. The Morgan fingerprint density at radius 2 is 1.90 bits per heavy atom.